The average molecular weight is 296 g/mol. The van der Waals surface area contributed by atoms with Crippen molar-refractivity contribution in [1.82, 2.24) is 5.16 Å². The van der Waals surface area contributed by atoms with E-state index in [0.29, 0.717) is 0 Å². The third-order valence-electron chi connectivity index (χ3n) is 2.50. The van der Waals surface area contributed by atoms with Crippen molar-refractivity contribution in [3.63, 3.8) is 0 Å². The first-order chi connectivity index (χ1) is 9.36. The van der Waals surface area contributed by atoms with Crippen LogP contribution in [0.3, 0.4) is 0 Å². The lowest BCUT2D eigenvalue weighted by Gasteiger charge is -2.08. The van der Waals surface area contributed by atoms with Crippen LogP contribution >= 0.6 is 0 Å². The lowest BCUT2D eigenvalue weighted by molar-refractivity contribution is 0.389. The van der Waals surface area contributed by atoms with Crippen LogP contribution in [0.5, 0.6) is 5.75 Å². The summed E-state index contributed by atoms with van der Waals surface area (Å²) in [6.07, 6.45) is 0. The predicted octanol–water partition coefficient (Wildman–Crippen LogP) is 2.07. The SMILES string of the molecule is Cc1noc(C)c1S(=O)(=O)Oc1cccc(F)c1C#N. The second-order valence-electron chi connectivity index (χ2n) is 3.92. The number of hydrogen-bond donors (Lipinski definition) is 0. The summed E-state index contributed by atoms with van der Waals surface area (Å²) in [5, 5.41) is 12.4. The molecule has 1 aromatic carbocycles. The van der Waals surface area contributed by atoms with E-state index in [9.17, 15) is 12.8 Å². The molecule has 0 N–H and O–H groups in total. The van der Waals surface area contributed by atoms with Gasteiger partial charge in [-0.15, -0.1) is 0 Å². The van der Waals surface area contributed by atoms with Crippen LogP contribution in [0.2, 0.25) is 0 Å². The topological polar surface area (TPSA) is 93.2 Å². The fourth-order valence-corrected chi connectivity index (χ4v) is 2.92. The summed E-state index contributed by atoms with van der Waals surface area (Å²) in [7, 11) is -4.25. The molecule has 2 aromatic rings. The van der Waals surface area contributed by atoms with Crippen LogP contribution in [0.15, 0.2) is 27.6 Å². The van der Waals surface area contributed by atoms with Gasteiger partial charge in [0.1, 0.15) is 23.1 Å². The molecular weight excluding hydrogens is 287 g/mol. The van der Waals surface area contributed by atoms with E-state index >= 15 is 0 Å². The van der Waals surface area contributed by atoms with Crippen molar-refractivity contribution in [3.05, 3.63) is 41.0 Å². The Morgan fingerprint density at radius 1 is 1.40 bits per heavy atom. The van der Waals surface area contributed by atoms with Crippen LogP contribution in [0.25, 0.3) is 0 Å². The molecule has 0 aliphatic heterocycles. The third kappa shape index (κ3) is 2.35. The van der Waals surface area contributed by atoms with E-state index < -0.39 is 21.5 Å². The minimum atomic E-state index is -4.25. The summed E-state index contributed by atoms with van der Waals surface area (Å²) in [6.45, 7) is 2.84. The molecule has 20 heavy (non-hydrogen) atoms. The van der Waals surface area contributed by atoms with E-state index in [0.717, 1.165) is 6.07 Å². The predicted molar refractivity (Wildman–Crippen MR) is 64.9 cm³/mol. The van der Waals surface area contributed by atoms with Crippen molar-refractivity contribution < 1.29 is 21.5 Å². The molecule has 0 saturated heterocycles. The molecule has 0 aliphatic rings. The van der Waals surface area contributed by atoms with Gasteiger partial charge in [-0.1, -0.05) is 11.2 Å². The number of aromatic nitrogens is 1. The van der Waals surface area contributed by atoms with Gasteiger partial charge in [0.05, 0.1) is 0 Å². The van der Waals surface area contributed by atoms with E-state index in [2.05, 4.69) is 5.16 Å². The van der Waals surface area contributed by atoms with Gasteiger partial charge in [0, 0.05) is 0 Å². The highest BCUT2D eigenvalue weighted by Gasteiger charge is 2.27. The van der Waals surface area contributed by atoms with E-state index in [1.165, 1.54) is 26.0 Å². The number of benzene rings is 1. The van der Waals surface area contributed by atoms with Crippen molar-refractivity contribution in [3.8, 4) is 11.8 Å². The number of nitrogens with zero attached hydrogens (tertiary/aromatic N) is 2. The third-order valence-corrected chi connectivity index (χ3v) is 3.99. The van der Waals surface area contributed by atoms with Crippen LogP contribution in [-0.4, -0.2) is 13.6 Å². The van der Waals surface area contributed by atoms with Crippen LogP contribution in [0.1, 0.15) is 17.0 Å². The maximum Gasteiger partial charge on any atom is 0.344 e. The summed E-state index contributed by atoms with van der Waals surface area (Å²) < 4.78 is 47.2. The number of rotatable bonds is 3. The molecule has 1 heterocycles. The molecule has 2 rings (SSSR count). The quantitative estimate of drug-likeness (QED) is 0.805. The molecule has 0 unspecified atom stereocenters. The van der Waals surface area contributed by atoms with E-state index in [4.69, 9.17) is 14.0 Å². The standard InChI is InChI=1S/C12H9FN2O4S/c1-7-12(8(2)18-15-7)20(16,17)19-11-5-3-4-10(13)9(11)6-14/h3-5H,1-2H3. The van der Waals surface area contributed by atoms with Crippen molar-refractivity contribution in [2.45, 2.75) is 18.7 Å². The smallest absolute Gasteiger partial charge is 0.344 e. The van der Waals surface area contributed by atoms with Gasteiger partial charge in [0.15, 0.2) is 16.4 Å². The van der Waals surface area contributed by atoms with Crippen LogP contribution < -0.4 is 4.18 Å². The number of hydrogen-bond acceptors (Lipinski definition) is 6. The molecule has 0 amide bonds. The summed E-state index contributed by atoms with van der Waals surface area (Å²) in [5.74, 6) is -1.19. The van der Waals surface area contributed by atoms with Gasteiger partial charge in [0.25, 0.3) is 0 Å². The molecule has 1 aromatic heterocycles. The van der Waals surface area contributed by atoms with Crippen LogP contribution in [-0.2, 0) is 10.1 Å². The van der Waals surface area contributed by atoms with Gasteiger partial charge in [-0.3, -0.25) is 0 Å². The molecule has 0 radical (unpaired) electrons. The molecule has 6 nitrogen and oxygen atoms in total. The molecule has 0 spiro atoms. The van der Waals surface area contributed by atoms with Crippen molar-refractivity contribution in [2.75, 3.05) is 0 Å². The summed E-state index contributed by atoms with van der Waals surface area (Å²) in [6, 6.07) is 5.03. The Morgan fingerprint density at radius 2 is 2.10 bits per heavy atom. The highest BCUT2D eigenvalue weighted by molar-refractivity contribution is 7.87. The fourth-order valence-electron chi connectivity index (χ4n) is 1.67. The fraction of sp³-hybridized carbons (Fsp3) is 0.167. The van der Waals surface area contributed by atoms with Crippen LogP contribution in [0.4, 0.5) is 4.39 Å². The Labute approximate surface area is 114 Å². The number of nitriles is 1. The lowest BCUT2D eigenvalue weighted by atomic mass is 10.2. The second-order valence-corrected chi connectivity index (χ2v) is 5.40. The molecule has 0 saturated carbocycles. The highest BCUT2D eigenvalue weighted by atomic mass is 32.2. The van der Waals surface area contributed by atoms with E-state index in [-0.39, 0.29) is 22.1 Å². The van der Waals surface area contributed by atoms with Gasteiger partial charge in [-0.05, 0) is 26.0 Å². The Morgan fingerprint density at radius 3 is 2.65 bits per heavy atom. The van der Waals surface area contributed by atoms with Gasteiger partial charge < -0.3 is 8.71 Å². The zero-order chi connectivity index (χ0) is 14.9. The lowest BCUT2D eigenvalue weighted by Crippen LogP contribution is -2.12. The minimum absolute atomic E-state index is 0.0532. The normalized spacial score (nSPS) is 11.1. The molecule has 104 valence electrons. The maximum absolute atomic E-state index is 13.4. The van der Waals surface area contributed by atoms with Gasteiger partial charge in [0.2, 0.25) is 0 Å². The number of halogens is 1. The van der Waals surface area contributed by atoms with Crippen LogP contribution in [0, 0.1) is 31.0 Å². The average Bonchev–Trinajstić information content (AvgIpc) is 2.69. The van der Waals surface area contributed by atoms with E-state index in [1.54, 1.807) is 6.07 Å². The zero-order valence-corrected chi connectivity index (χ0v) is 11.4. The van der Waals surface area contributed by atoms with E-state index in [1.807, 2.05) is 0 Å². The largest absolute Gasteiger partial charge is 0.377 e. The first-order valence-corrected chi connectivity index (χ1v) is 6.83. The molecule has 8 heteroatoms. The monoisotopic (exact) mass is 296 g/mol. The van der Waals surface area contributed by atoms with Crippen molar-refractivity contribution in [1.29, 1.82) is 5.26 Å². The summed E-state index contributed by atoms with van der Waals surface area (Å²) in [4.78, 5) is -0.231. The van der Waals surface area contributed by atoms with Gasteiger partial charge in [-0.2, -0.15) is 13.7 Å². The molecule has 0 fully saturated rings. The molecule has 0 atom stereocenters. The second kappa shape index (κ2) is 4.94. The Kier molecular flexibility index (Phi) is 3.46. The first-order valence-electron chi connectivity index (χ1n) is 5.43. The summed E-state index contributed by atoms with van der Waals surface area (Å²) >= 11 is 0. The molecule has 0 bridgehead atoms. The maximum atomic E-state index is 13.4. The number of aryl methyl sites for hydroxylation is 2. The Balaban J connectivity index is 2.50. The van der Waals surface area contributed by atoms with Gasteiger partial charge >= 0.3 is 10.1 Å². The Hall–Kier alpha value is -2.40. The van der Waals surface area contributed by atoms with Crippen molar-refractivity contribution >= 4 is 10.1 Å². The summed E-state index contributed by atoms with van der Waals surface area (Å²) in [5.41, 5.74) is -0.361. The highest BCUT2D eigenvalue weighted by Crippen LogP contribution is 2.27. The van der Waals surface area contributed by atoms with Crippen molar-refractivity contribution in [2.24, 2.45) is 0 Å². The first kappa shape index (κ1) is 14.0. The minimum Gasteiger partial charge on any atom is -0.377 e. The Bertz CT molecular complexity index is 786. The van der Waals surface area contributed by atoms with Gasteiger partial charge in [-0.25, -0.2) is 4.39 Å². The zero-order valence-electron chi connectivity index (χ0n) is 10.5. The molecule has 0 aliphatic carbocycles. The molecular formula is C12H9FN2O4S.